The van der Waals surface area contributed by atoms with Gasteiger partial charge >= 0.3 is 0 Å². The lowest BCUT2D eigenvalue weighted by Crippen LogP contribution is -2.26. The summed E-state index contributed by atoms with van der Waals surface area (Å²) in [6.45, 7) is 1.79. The molecule has 0 bridgehead atoms. The largest absolute Gasteiger partial charge is 0.508 e. The van der Waals surface area contributed by atoms with E-state index in [4.69, 9.17) is 9.63 Å². The third kappa shape index (κ3) is 2.60. The van der Waals surface area contributed by atoms with Crippen molar-refractivity contribution in [1.82, 2.24) is 10.5 Å². The van der Waals surface area contributed by atoms with E-state index in [2.05, 4.69) is 5.32 Å². The van der Waals surface area contributed by atoms with E-state index in [0.717, 1.165) is 11.6 Å². The smallest absolute Gasteiger partial charge is 0.290 e. The highest BCUT2D eigenvalue weighted by Crippen LogP contribution is 2.16. The van der Waals surface area contributed by atoms with Crippen molar-refractivity contribution in [2.75, 3.05) is 0 Å². The molecule has 1 aromatic heterocycles. The van der Waals surface area contributed by atoms with Gasteiger partial charge in [0.2, 0.25) is 5.76 Å². The van der Waals surface area contributed by atoms with Gasteiger partial charge in [0.25, 0.3) is 11.5 Å². The molecule has 1 heterocycles. The fourth-order valence-electron chi connectivity index (χ4n) is 1.51. The quantitative estimate of drug-likeness (QED) is 0.759. The molecule has 3 N–H and O–H groups in total. The molecule has 1 aromatic carbocycles. The van der Waals surface area contributed by atoms with Gasteiger partial charge in [-0.25, -0.2) is 0 Å². The SMILES string of the molecule is C[C@H](NC(=O)c1cc(=O)[nH]o1)c1ccc(O)cc1. The first-order valence-corrected chi connectivity index (χ1v) is 5.34. The van der Waals surface area contributed by atoms with Crippen molar-refractivity contribution in [2.24, 2.45) is 0 Å². The van der Waals surface area contributed by atoms with E-state index in [9.17, 15) is 9.59 Å². The molecule has 0 unspecified atom stereocenters. The predicted octanol–water partition coefficient (Wildman–Crippen LogP) is 1.16. The Morgan fingerprint density at radius 3 is 2.61 bits per heavy atom. The van der Waals surface area contributed by atoms with Crippen molar-refractivity contribution in [1.29, 1.82) is 0 Å². The molecule has 18 heavy (non-hydrogen) atoms. The van der Waals surface area contributed by atoms with Gasteiger partial charge in [0, 0.05) is 0 Å². The molecule has 0 fully saturated rings. The number of nitrogens with one attached hydrogen (secondary N) is 2. The number of aromatic hydroxyl groups is 1. The lowest BCUT2D eigenvalue weighted by molar-refractivity contribution is 0.0902. The Bertz CT molecular complexity index is 597. The molecular formula is C12H12N2O4. The van der Waals surface area contributed by atoms with Gasteiger partial charge in [-0.3, -0.25) is 9.59 Å². The summed E-state index contributed by atoms with van der Waals surface area (Å²) in [4.78, 5) is 22.5. The average molecular weight is 248 g/mol. The number of aromatic amines is 1. The van der Waals surface area contributed by atoms with Crippen LogP contribution in [0.25, 0.3) is 0 Å². The molecule has 0 aliphatic carbocycles. The predicted molar refractivity (Wildman–Crippen MR) is 63.3 cm³/mol. The van der Waals surface area contributed by atoms with Gasteiger partial charge in [-0.15, -0.1) is 0 Å². The van der Waals surface area contributed by atoms with E-state index in [-0.39, 0.29) is 17.6 Å². The van der Waals surface area contributed by atoms with E-state index < -0.39 is 11.5 Å². The number of aromatic nitrogens is 1. The lowest BCUT2D eigenvalue weighted by atomic mass is 10.1. The topological polar surface area (TPSA) is 95.3 Å². The minimum absolute atomic E-state index is 0.0642. The van der Waals surface area contributed by atoms with Crippen LogP contribution in [0.4, 0.5) is 0 Å². The number of phenols is 1. The number of carbonyl (C=O) groups is 1. The maximum absolute atomic E-state index is 11.7. The summed E-state index contributed by atoms with van der Waals surface area (Å²) in [6.07, 6.45) is 0. The second-order valence-corrected chi connectivity index (χ2v) is 3.86. The Balaban J connectivity index is 2.07. The first kappa shape index (κ1) is 12.0. The molecule has 0 radical (unpaired) electrons. The van der Waals surface area contributed by atoms with Crippen LogP contribution < -0.4 is 10.9 Å². The molecule has 1 amide bonds. The van der Waals surface area contributed by atoms with E-state index >= 15 is 0 Å². The monoisotopic (exact) mass is 248 g/mol. The molecule has 6 nitrogen and oxygen atoms in total. The maximum Gasteiger partial charge on any atom is 0.290 e. The Hall–Kier alpha value is -2.50. The number of rotatable bonds is 3. The van der Waals surface area contributed by atoms with Crippen LogP contribution in [-0.2, 0) is 0 Å². The van der Waals surface area contributed by atoms with Gasteiger partial charge < -0.3 is 14.9 Å². The van der Waals surface area contributed by atoms with Crippen molar-refractivity contribution >= 4 is 5.91 Å². The molecule has 94 valence electrons. The number of carbonyl (C=O) groups excluding carboxylic acids is 1. The number of amides is 1. The molecule has 0 aliphatic rings. The molecule has 1 atom stereocenters. The van der Waals surface area contributed by atoms with Gasteiger partial charge in [-0.1, -0.05) is 12.1 Å². The first-order chi connectivity index (χ1) is 8.56. The summed E-state index contributed by atoms with van der Waals surface area (Å²) in [5, 5.41) is 13.9. The van der Waals surface area contributed by atoms with Crippen LogP contribution in [0.15, 0.2) is 39.6 Å². The normalized spacial score (nSPS) is 12.1. The van der Waals surface area contributed by atoms with E-state index in [0.29, 0.717) is 0 Å². The summed E-state index contributed by atoms with van der Waals surface area (Å²) < 4.78 is 4.69. The van der Waals surface area contributed by atoms with Crippen LogP contribution in [0.1, 0.15) is 29.1 Å². The standard InChI is InChI=1S/C12H12N2O4/c1-7(8-2-4-9(15)5-3-8)13-12(17)10-6-11(16)14-18-10/h2-7,15H,1H3,(H,13,17)(H,14,16)/t7-/m0/s1. The van der Waals surface area contributed by atoms with Gasteiger partial charge in [0.15, 0.2) is 0 Å². The summed E-state index contributed by atoms with van der Waals surface area (Å²) in [5.41, 5.74) is 0.372. The van der Waals surface area contributed by atoms with Crippen molar-refractivity contribution in [3.63, 3.8) is 0 Å². The Morgan fingerprint density at radius 2 is 2.06 bits per heavy atom. The molecule has 0 saturated heterocycles. The summed E-state index contributed by atoms with van der Waals surface area (Å²) >= 11 is 0. The number of benzene rings is 1. The highest BCUT2D eigenvalue weighted by atomic mass is 16.5. The van der Waals surface area contributed by atoms with Crippen molar-refractivity contribution in [3.8, 4) is 5.75 Å². The number of phenolic OH excluding ortho intramolecular Hbond substituents is 1. The fourth-order valence-corrected chi connectivity index (χ4v) is 1.51. The molecule has 6 heteroatoms. The van der Waals surface area contributed by atoms with Crippen LogP contribution in [0.3, 0.4) is 0 Å². The van der Waals surface area contributed by atoms with Crippen LogP contribution in [0.5, 0.6) is 5.75 Å². The van der Waals surface area contributed by atoms with Crippen LogP contribution in [-0.4, -0.2) is 16.2 Å². The number of hydrogen-bond donors (Lipinski definition) is 3. The van der Waals surface area contributed by atoms with Gasteiger partial charge in [0.1, 0.15) is 5.75 Å². The van der Waals surface area contributed by atoms with Gasteiger partial charge in [-0.05, 0) is 24.6 Å². The zero-order valence-electron chi connectivity index (χ0n) is 9.64. The van der Waals surface area contributed by atoms with Crippen molar-refractivity contribution in [3.05, 3.63) is 52.0 Å². The molecule has 0 saturated carbocycles. The van der Waals surface area contributed by atoms with Crippen molar-refractivity contribution in [2.45, 2.75) is 13.0 Å². The second kappa shape index (κ2) is 4.79. The molecule has 0 spiro atoms. The van der Waals surface area contributed by atoms with Crippen LogP contribution in [0.2, 0.25) is 0 Å². The van der Waals surface area contributed by atoms with Gasteiger partial charge in [-0.2, -0.15) is 5.16 Å². The number of hydrogen-bond acceptors (Lipinski definition) is 4. The Labute approximate surface area is 102 Å². The fraction of sp³-hybridized carbons (Fsp3) is 0.167. The second-order valence-electron chi connectivity index (χ2n) is 3.86. The minimum Gasteiger partial charge on any atom is -0.508 e. The third-order valence-electron chi connectivity index (χ3n) is 2.49. The summed E-state index contributed by atoms with van der Waals surface area (Å²) in [7, 11) is 0. The van der Waals surface area contributed by atoms with E-state index in [1.54, 1.807) is 19.1 Å². The lowest BCUT2D eigenvalue weighted by Gasteiger charge is -2.12. The highest BCUT2D eigenvalue weighted by molar-refractivity contribution is 5.91. The van der Waals surface area contributed by atoms with E-state index in [1.807, 2.05) is 5.16 Å². The first-order valence-electron chi connectivity index (χ1n) is 5.34. The molecule has 0 aliphatic heterocycles. The summed E-state index contributed by atoms with van der Waals surface area (Å²) in [5.74, 6) is -0.381. The summed E-state index contributed by atoms with van der Waals surface area (Å²) in [6, 6.07) is 7.29. The maximum atomic E-state index is 11.7. The zero-order valence-corrected chi connectivity index (χ0v) is 9.64. The van der Waals surface area contributed by atoms with Crippen LogP contribution in [0, 0.1) is 0 Å². The Kier molecular flexibility index (Phi) is 3.18. The molecule has 2 rings (SSSR count). The minimum atomic E-state index is -0.478. The van der Waals surface area contributed by atoms with Crippen LogP contribution >= 0.6 is 0 Å². The Morgan fingerprint density at radius 1 is 1.39 bits per heavy atom. The van der Waals surface area contributed by atoms with E-state index in [1.165, 1.54) is 12.1 Å². The average Bonchev–Trinajstić information content (AvgIpc) is 2.76. The highest BCUT2D eigenvalue weighted by Gasteiger charge is 2.14. The molecule has 2 aromatic rings. The van der Waals surface area contributed by atoms with Gasteiger partial charge in [0.05, 0.1) is 12.1 Å². The van der Waals surface area contributed by atoms with Crippen molar-refractivity contribution < 1.29 is 14.4 Å². The third-order valence-corrected chi connectivity index (χ3v) is 2.49. The molecular weight excluding hydrogens is 236 g/mol. The number of H-pyrrole nitrogens is 1. The zero-order chi connectivity index (χ0) is 13.1.